The van der Waals surface area contributed by atoms with Crippen molar-refractivity contribution in [2.45, 2.75) is 0 Å². The average Bonchev–Trinajstić information content (AvgIpc) is 2.78. The molecule has 0 aliphatic carbocycles. The number of hydrogen-bond acceptors (Lipinski definition) is 3. The number of rotatable bonds is 5. The van der Waals surface area contributed by atoms with Crippen LogP contribution in [0.15, 0.2) is 91.0 Å². The van der Waals surface area contributed by atoms with Crippen LogP contribution in [0.25, 0.3) is 22.9 Å². The molecule has 0 saturated heterocycles. The van der Waals surface area contributed by atoms with E-state index in [0.717, 1.165) is 11.1 Å². The standard InChI is InChI=1S/C26H20O3/c1-28-25-18-19(14-16-21-12-7-11-20-8-5-6-13-23(20)21)15-17-24(25)29-26(27)22-9-3-2-4-10-22/h2-18H,1H3/b16-14+. The molecule has 0 unspecified atom stereocenters. The maximum absolute atomic E-state index is 12.3. The van der Waals surface area contributed by atoms with Gasteiger partial charge in [0.15, 0.2) is 11.5 Å². The molecule has 0 bridgehead atoms. The van der Waals surface area contributed by atoms with Gasteiger partial charge in [-0.3, -0.25) is 0 Å². The van der Waals surface area contributed by atoms with Crippen molar-refractivity contribution in [3.8, 4) is 11.5 Å². The van der Waals surface area contributed by atoms with Crippen molar-refractivity contribution in [3.05, 3.63) is 108 Å². The lowest BCUT2D eigenvalue weighted by atomic mass is 10.0. The summed E-state index contributed by atoms with van der Waals surface area (Å²) in [7, 11) is 1.56. The number of methoxy groups -OCH3 is 1. The maximum Gasteiger partial charge on any atom is 0.343 e. The molecule has 3 nitrogen and oxygen atoms in total. The van der Waals surface area contributed by atoms with Gasteiger partial charge in [-0.25, -0.2) is 4.79 Å². The molecule has 4 rings (SSSR count). The van der Waals surface area contributed by atoms with E-state index < -0.39 is 5.97 Å². The van der Waals surface area contributed by atoms with Crippen molar-refractivity contribution >= 4 is 28.9 Å². The van der Waals surface area contributed by atoms with Crippen LogP contribution in [0.3, 0.4) is 0 Å². The zero-order valence-electron chi connectivity index (χ0n) is 16.0. The quantitative estimate of drug-likeness (QED) is 0.234. The highest BCUT2D eigenvalue weighted by molar-refractivity contribution is 5.93. The number of fused-ring (bicyclic) bond motifs is 1. The number of benzene rings is 4. The predicted molar refractivity (Wildman–Crippen MR) is 117 cm³/mol. The first-order valence-electron chi connectivity index (χ1n) is 9.36. The van der Waals surface area contributed by atoms with Crippen LogP contribution >= 0.6 is 0 Å². The molecule has 0 aromatic heterocycles. The van der Waals surface area contributed by atoms with E-state index in [2.05, 4.69) is 36.4 Å². The molecular weight excluding hydrogens is 360 g/mol. The van der Waals surface area contributed by atoms with Crippen molar-refractivity contribution in [2.24, 2.45) is 0 Å². The second-order valence-electron chi connectivity index (χ2n) is 6.57. The van der Waals surface area contributed by atoms with E-state index in [1.165, 1.54) is 10.8 Å². The summed E-state index contributed by atoms with van der Waals surface area (Å²) in [6.07, 6.45) is 4.10. The van der Waals surface area contributed by atoms with Gasteiger partial charge in [0.05, 0.1) is 12.7 Å². The summed E-state index contributed by atoms with van der Waals surface area (Å²) in [5.41, 5.74) is 2.59. The molecule has 0 saturated carbocycles. The Kier molecular flexibility index (Phi) is 5.39. The van der Waals surface area contributed by atoms with Crippen molar-refractivity contribution < 1.29 is 14.3 Å². The normalized spacial score (nSPS) is 10.9. The SMILES string of the molecule is COc1cc(/C=C/c2cccc3ccccc23)ccc1OC(=O)c1ccccc1. The largest absolute Gasteiger partial charge is 0.493 e. The molecule has 29 heavy (non-hydrogen) atoms. The molecule has 0 aliphatic heterocycles. The summed E-state index contributed by atoms with van der Waals surface area (Å²) in [6, 6.07) is 28.9. The highest BCUT2D eigenvalue weighted by atomic mass is 16.6. The molecule has 0 heterocycles. The van der Waals surface area contributed by atoms with Crippen molar-refractivity contribution in [1.82, 2.24) is 0 Å². The Morgan fingerprint density at radius 3 is 2.34 bits per heavy atom. The van der Waals surface area contributed by atoms with Crippen LogP contribution < -0.4 is 9.47 Å². The van der Waals surface area contributed by atoms with Gasteiger partial charge in [-0.05, 0) is 46.2 Å². The number of hydrogen-bond donors (Lipinski definition) is 0. The Balaban J connectivity index is 1.58. The van der Waals surface area contributed by atoms with Crippen LogP contribution in [0, 0.1) is 0 Å². The summed E-state index contributed by atoms with van der Waals surface area (Å²) < 4.78 is 10.9. The zero-order chi connectivity index (χ0) is 20.1. The van der Waals surface area contributed by atoms with Gasteiger partial charge in [0, 0.05) is 0 Å². The zero-order valence-corrected chi connectivity index (χ0v) is 16.0. The molecule has 142 valence electrons. The number of esters is 1. The van der Waals surface area contributed by atoms with Gasteiger partial charge in [0.1, 0.15) is 0 Å². The third-order valence-corrected chi connectivity index (χ3v) is 4.68. The smallest absolute Gasteiger partial charge is 0.343 e. The topological polar surface area (TPSA) is 35.5 Å². The fourth-order valence-electron chi connectivity index (χ4n) is 3.19. The molecule has 0 atom stereocenters. The van der Waals surface area contributed by atoms with E-state index in [1.54, 1.807) is 37.4 Å². The summed E-state index contributed by atoms with van der Waals surface area (Å²) in [4.78, 5) is 12.3. The number of carbonyl (C=O) groups is 1. The Morgan fingerprint density at radius 2 is 1.52 bits per heavy atom. The van der Waals surface area contributed by atoms with E-state index >= 15 is 0 Å². The van der Waals surface area contributed by atoms with Crippen LogP contribution in [0.4, 0.5) is 0 Å². The highest BCUT2D eigenvalue weighted by Gasteiger charge is 2.12. The minimum atomic E-state index is -0.414. The van der Waals surface area contributed by atoms with Gasteiger partial charge in [0.2, 0.25) is 0 Å². The first kappa shape index (κ1) is 18.5. The lowest BCUT2D eigenvalue weighted by Gasteiger charge is -2.10. The minimum absolute atomic E-state index is 0.392. The maximum atomic E-state index is 12.3. The van der Waals surface area contributed by atoms with E-state index in [1.807, 2.05) is 36.4 Å². The van der Waals surface area contributed by atoms with Crippen LogP contribution in [0.5, 0.6) is 11.5 Å². The first-order valence-corrected chi connectivity index (χ1v) is 9.36. The lowest BCUT2D eigenvalue weighted by Crippen LogP contribution is -2.09. The fourth-order valence-corrected chi connectivity index (χ4v) is 3.19. The summed E-state index contributed by atoms with van der Waals surface area (Å²) in [5.74, 6) is 0.487. The number of carbonyl (C=O) groups excluding carboxylic acids is 1. The molecule has 0 aliphatic rings. The van der Waals surface area contributed by atoms with Gasteiger partial charge in [0.25, 0.3) is 0 Å². The highest BCUT2D eigenvalue weighted by Crippen LogP contribution is 2.30. The summed E-state index contributed by atoms with van der Waals surface area (Å²) >= 11 is 0. The average molecular weight is 380 g/mol. The molecule has 3 heteroatoms. The second kappa shape index (κ2) is 8.44. The lowest BCUT2D eigenvalue weighted by molar-refractivity contribution is 0.0729. The van der Waals surface area contributed by atoms with Gasteiger partial charge >= 0.3 is 5.97 Å². The van der Waals surface area contributed by atoms with Gasteiger partial charge in [-0.2, -0.15) is 0 Å². The molecule has 0 fully saturated rings. The van der Waals surface area contributed by atoms with E-state index in [-0.39, 0.29) is 0 Å². The monoisotopic (exact) mass is 380 g/mol. The summed E-state index contributed by atoms with van der Waals surface area (Å²) in [5, 5.41) is 2.40. The minimum Gasteiger partial charge on any atom is -0.493 e. The van der Waals surface area contributed by atoms with Gasteiger partial charge in [-0.15, -0.1) is 0 Å². The van der Waals surface area contributed by atoms with Crippen molar-refractivity contribution in [3.63, 3.8) is 0 Å². The van der Waals surface area contributed by atoms with Crippen LogP contribution in [-0.2, 0) is 0 Å². The number of ether oxygens (including phenoxy) is 2. The predicted octanol–water partition coefficient (Wildman–Crippen LogP) is 6.24. The van der Waals surface area contributed by atoms with Crippen molar-refractivity contribution in [1.29, 1.82) is 0 Å². The Hall–Kier alpha value is -3.85. The molecule has 0 amide bonds. The third-order valence-electron chi connectivity index (χ3n) is 4.68. The van der Waals surface area contributed by atoms with Crippen LogP contribution in [-0.4, -0.2) is 13.1 Å². The molecule has 4 aromatic rings. The van der Waals surface area contributed by atoms with Gasteiger partial charge in [-0.1, -0.05) is 78.9 Å². The van der Waals surface area contributed by atoms with Crippen LogP contribution in [0.2, 0.25) is 0 Å². The summed E-state index contributed by atoms with van der Waals surface area (Å²) in [6.45, 7) is 0. The second-order valence-corrected chi connectivity index (χ2v) is 6.57. The Morgan fingerprint density at radius 1 is 0.759 bits per heavy atom. The molecular formula is C26H20O3. The third kappa shape index (κ3) is 4.19. The Bertz CT molecular complexity index is 1170. The van der Waals surface area contributed by atoms with Crippen LogP contribution in [0.1, 0.15) is 21.5 Å². The van der Waals surface area contributed by atoms with E-state index in [9.17, 15) is 4.79 Å². The molecule has 0 spiro atoms. The van der Waals surface area contributed by atoms with Crippen molar-refractivity contribution in [2.75, 3.05) is 7.11 Å². The Labute approximate surface area is 169 Å². The van der Waals surface area contributed by atoms with Gasteiger partial charge < -0.3 is 9.47 Å². The van der Waals surface area contributed by atoms with E-state index in [4.69, 9.17) is 9.47 Å². The molecule has 4 aromatic carbocycles. The fraction of sp³-hybridized carbons (Fsp3) is 0.0385. The first-order chi connectivity index (χ1) is 14.2. The molecule has 0 radical (unpaired) electrons. The van der Waals surface area contributed by atoms with E-state index in [0.29, 0.717) is 17.1 Å². The molecule has 0 N–H and O–H groups in total.